The molecule has 0 unspecified atom stereocenters. The van der Waals surface area contributed by atoms with Gasteiger partial charge in [-0.25, -0.2) is 4.79 Å². The first-order valence-electron chi connectivity index (χ1n) is 7.97. The Bertz CT molecular complexity index is 476. The molecule has 2 amide bonds. The Morgan fingerprint density at radius 3 is 2.50 bits per heavy atom. The molecule has 0 aliphatic heterocycles. The van der Waals surface area contributed by atoms with Crippen LogP contribution in [0.5, 0.6) is 5.75 Å². The van der Waals surface area contributed by atoms with Crippen molar-refractivity contribution in [2.24, 2.45) is 0 Å². The molecule has 1 aliphatic rings. The molecular weight excluding hydrogens is 280 g/mol. The first-order chi connectivity index (χ1) is 10.6. The van der Waals surface area contributed by atoms with Crippen LogP contribution in [-0.4, -0.2) is 36.4 Å². The molecule has 1 aliphatic carbocycles. The summed E-state index contributed by atoms with van der Waals surface area (Å²) in [5.74, 6) is 0.894. The number of carbonyl (C=O) groups excluding carboxylic acids is 1. The monoisotopic (exact) mass is 306 g/mol. The zero-order valence-electron chi connectivity index (χ0n) is 13.4. The van der Waals surface area contributed by atoms with Crippen molar-refractivity contribution in [1.29, 1.82) is 0 Å². The van der Waals surface area contributed by atoms with Gasteiger partial charge in [0.05, 0.1) is 12.6 Å². The normalized spacial score (nSPS) is 21.2. The maximum Gasteiger partial charge on any atom is 0.315 e. The summed E-state index contributed by atoms with van der Waals surface area (Å²) in [5, 5.41) is 15.2. The van der Waals surface area contributed by atoms with Crippen molar-refractivity contribution in [1.82, 2.24) is 10.6 Å². The fourth-order valence-electron chi connectivity index (χ4n) is 2.80. The standard InChI is InChI=1S/C17H26N2O3/c1-12-4-3-5-13(2)16(12)22-11-10-18-17(21)19-14-6-8-15(20)9-7-14/h3-5,14-15,20H,6-11H2,1-2H3,(H2,18,19,21). The maximum atomic E-state index is 11.8. The lowest BCUT2D eigenvalue weighted by Crippen LogP contribution is -2.45. The first-order valence-corrected chi connectivity index (χ1v) is 7.97. The van der Waals surface area contributed by atoms with Gasteiger partial charge in [-0.15, -0.1) is 0 Å². The first kappa shape index (κ1) is 16.6. The third kappa shape index (κ3) is 4.91. The highest BCUT2D eigenvalue weighted by molar-refractivity contribution is 5.74. The van der Waals surface area contributed by atoms with E-state index in [1.807, 2.05) is 32.0 Å². The fourth-order valence-corrected chi connectivity index (χ4v) is 2.80. The van der Waals surface area contributed by atoms with Crippen LogP contribution in [0.2, 0.25) is 0 Å². The maximum absolute atomic E-state index is 11.8. The third-order valence-corrected chi connectivity index (χ3v) is 4.07. The van der Waals surface area contributed by atoms with Crippen LogP contribution in [0.15, 0.2) is 18.2 Å². The number of amides is 2. The number of para-hydroxylation sites is 1. The summed E-state index contributed by atoms with van der Waals surface area (Å²) in [7, 11) is 0. The number of hydrogen-bond acceptors (Lipinski definition) is 3. The molecule has 0 spiro atoms. The molecule has 1 aromatic rings. The minimum atomic E-state index is -0.202. The lowest BCUT2D eigenvalue weighted by atomic mass is 9.93. The molecule has 0 atom stereocenters. The van der Waals surface area contributed by atoms with E-state index in [-0.39, 0.29) is 18.2 Å². The number of ether oxygens (including phenoxy) is 1. The van der Waals surface area contributed by atoms with E-state index < -0.39 is 0 Å². The quantitative estimate of drug-likeness (QED) is 0.731. The summed E-state index contributed by atoms with van der Waals surface area (Å²) in [6.45, 7) is 4.94. The zero-order chi connectivity index (χ0) is 15.9. The van der Waals surface area contributed by atoms with E-state index in [2.05, 4.69) is 10.6 Å². The van der Waals surface area contributed by atoms with Gasteiger partial charge in [0.1, 0.15) is 12.4 Å². The zero-order valence-corrected chi connectivity index (χ0v) is 13.4. The highest BCUT2D eigenvalue weighted by Crippen LogP contribution is 2.22. The van der Waals surface area contributed by atoms with Gasteiger partial charge in [0.2, 0.25) is 0 Å². The van der Waals surface area contributed by atoms with Crippen LogP contribution in [0.1, 0.15) is 36.8 Å². The topological polar surface area (TPSA) is 70.6 Å². The van der Waals surface area contributed by atoms with Crippen molar-refractivity contribution in [2.45, 2.75) is 51.7 Å². The van der Waals surface area contributed by atoms with Gasteiger partial charge in [0.25, 0.3) is 0 Å². The van der Waals surface area contributed by atoms with Gasteiger partial charge >= 0.3 is 6.03 Å². The van der Waals surface area contributed by atoms with E-state index in [4.69, 9.17) is 4.74 Å². The minimum Gasteiger partial charge on any atom is -0.491 e. The van der Waals surface area contributed by atoms with Crippen LogP contribution < -0.4 is 15.4 Å². The number of hydrogen-bond donors (Lipinski definition) is 3. The van der Waals surface area contributed by atoms with E-state index in [0.717, 1.165) is 42.6 Å². The summed E-state index contributed by atoms with van der Waals surface area (Å²) in [5.41, 5.74) is 2.20. The second-order valence-corrected chi connectivity index (χ2v) is 5.98. The lowest BCUT2D eigenvalue weighted by molar-refractivity contribution is 0.117. The van der Waals surface area contributed by atoms with Crippen molar-refractivity contribution in [3.05, 3.63) is 29.3 Å². The molecule has 1 aromatic carbocycles. The molecule has 5 nitrogen and oxygen atoms in total. The molecule has 2 rings (SSSR count). The van der Waals surface area contributed by atoms with Gasteiger partial charge in [-0.1, -0.05) is 18.2 Å². The molecular formula is C17H26N2O3. The van der Waals surface area contributed by atoms with Crippen LogP contribution in [0.25, 0.3) is 0 Å². The molecule has 122 valence electrons. The number of benzene rings is 1. The van der Waals surface area contributed by atoms with Gasteiger partial charge in [0.15, 0.2) is 0 Å². The van der Waals surface area contributed by atoms with Gasteiger partial charge in [-0.3, -0.25) is 0 Å². The van der Waals surface area contributed by atoms with E-state index in [9.17, 15) is 9.90 Å². The van der Waals surface area contributed by atoms with Crippen LogP contribution in [0.3, 0.4) is 0 Å². The SMILES string of the molecule is Cc1cccc(C)c1OCCNC(=O)NC1CCC(O)CC1. The lowest BCUT2D eigenvalue weighted by Gasteiger charge is -2.26. The Labute approximate surface area is 132 Å². The van der Waals surface area contributed by atoms with E-state index >= 15 is 0 Å². The summed E-state index contributed by atoms with van der Waals surface area (Å²) in [6, 6.07) is 6.04. The molecule has 5 heteroatoms. The molecule has 0 aromatic heterocycles. The average Bonchev–Trinajstić information content (AvgIpc) is 2.48. The Morgan fingerprint density at radius 2 is 1.86 bits per heavy atom. The van der Waals surface area contributed by atoms with Crippen molar-refractivity contribution in [2.75, 3.05) is 13.2 Å². The largest absolute Gasteiger partial charge is 0.491 e. The molecule has 0 radical (unpaired) electrons. The van der Waals surface area contributed by atoms with E-state index in [1.165, 1.54) is 0 Å². The number of aryl methyl sites for hydroxylation is 2. The molecule has 0 bridgehead atoms. The van der Waals surface area contributed by atoms with Crippen molar-refractivity contribution in [3.63, 3.8) is 0 Å². The van der Waals surface area contributed by atoms with Gasteiger partial charge < -0.3 is 20.5 Å². The average molecular weight is 306 g/mol. The predicted octanol–water partition coefficient (Wildman–Crippen LogP) is 2.28. The highest BCUT2D eigenvalue weighted by atomic mass is 16.5. The Balaban J connectivity index is 1.65. The molecule has 22 heavy (non-hydrogen) atoms. The molecule has 0 heterocycles. The number of urea groups is 1. The summed E-state index contributed by atoms with van der Waals surface area (Å²) < 4.78 is 5.75. The van der Waals surface area contributed by atoms with Crippen molar-refractivity contribution < 1.29 is 14.6 Å². The number of nitrogens with one attached hydrogen (secondary N) is 2. The minimum absolute atomic E-state index is 0.161. The Kier molecular flexibility index (Phi) is 6.07. The van der Waals surface area contributed by atoms with Gasteiger partial charge in [-0.2, -0.15) is 0 Å². The highest BCUT2D eigenvalue weighted by Gasteiger charge is 2.20. The van der Waals surface area contributed by atoms with E-state index in [0.29, 0.717) is 13.2 Å². The predicted molar refractivity (Wildman–Crippen MR) is 86.2 cm³/mol. The van der Waals surface area contributed by atoms with Crippen LogP contribution >= 0.6 is 0 Å². The van der Waals surface area contributed by atoms with Gasteiger partial charge in [0, 0.05) is 6.04 Å². The molecule has 1 saturated carbocycles. The van der Waals surface area contributed by atoms with Crippen LogP contribution in [0.4, 0.5) is 4.79 Å². The van der Waals surface area contributed by atoms with Gasteiger partial charge in [-0.05, 0) is 50.7 Å². The van der Waals surface area contributed by atoms with Crippen LogP contribution in [-0.2, 0) is 0 Å². The third-order valence-electron chi connectivity index (χ3n) is 4.07. The molecule has 1 fully saturated rings. The Hall–Kier alpha value is -1.75. The summed E-state index contributed by atoms with van der Waals surface area (Å²) >= 11 is 0. The van der Waals surface area contributed by atoms with Crippen molar-refractivity contribution in [3.8, 4) is 5.75 Å². The number of carbonyl (C=O) groups is 1. The summed E-state index contributed by atoms with van der Waals surface area (Å²) in [6.07, 6.45) is 3.01. The molecule has 3 N–H and O–H groups in total. The number of aliphatic hydroxyl groups is 1. The summed E-state index contributed by atoms with van der Waals surface area (Å²) in [4.78, 5) is 11.8. The van der Waals surface area contributed by atoms with Crippen molar-refractivity contribution >= 4 is 6.03 Å². The Morgan fingerprint density at radius 1 is 1.23 bits per heavy atom. The fraction of sp³-hybridized carbons (Fsp3) is 0.588. The van der Waals surface area contributed by atoms with Crippen LogP contribution in [0, 0.1) is 13.8 Å². The molecule has 0 saturated heterocycles. The van der Waals surface area contributed by atoms with E-state index in [1.54, 1.807) is 0 Å². The number of rotatable bonds is 5. The smallest absolute Gasteiger partial charge is 0.315 e. The second-order valence-electron chi connectivity index (χ2n) is 5.98. The second kappa shape index (κ2) is 8.03. The number of aliphatic hydroxyl groups excluding tert-OH is 1.